The van der Waals surface area contributed by atoms with Crippen LogP contribution in [0.5, 0.6) is 0 Å². The lowest BCUT2D eigenvalue weighted by atomic mass is 10.0. The lowest BCUT2D eigenvalue weighted by Crippen LogP contribution is -2.25. The lowest BCUT2D eigenvalue weighted by molar-refractivity contribution is 0.344. The average Bonchev–Trinajstić information content (AvgIpc) is 3.40. The molecule has 4 rings (SSSR count). The molecule has 0 amide bonds. The van der Waals surface area contributed by atoms with E-state index in [2.05, 4.69) is 27.6 Å². The predicted octanol–water partition coefficient (Wildman–Crippen LogP) is 2.94. The number of nitrogens with one attached hydrogen (secondary N) is 1. The van der Waals surface area contributed by atoms with Crippen molar-refractivity contribution in [1.29, 1.82) is 0 Å². The number of aromatic nitrogens is 2. The van der Waals surface area contributed by atoms with E-state index in [9.17, 15) is 0 Å². The maximum atomic E-state index is 5.32. The fourth-order valence-electron chi connectivity index (χ4n) is 3.22. The largest absolute Gasteiger partial charge is 0.338 e. The summed E-state index contributed by atoms with van der Waals surface area (Å²) >= 11 is 0. The van der Waals surface area contributed by atoms with E-state index >= 15 is 0 Å². The maximum absolute atomic E-state index is 5.32. The highest BCUT2D eigenvalue weighted by Gasteiger charge is 2.53. The molecule has 0 atom stereocenters. The Morgan fingerprint density at radius 2 is 2.00 bits per heavy atom. The molecule has 0 aliphatic heterocycles. The van der Waals surface area contributed by atoms with Crippen molar-refractivity contribution < 1.29 is 4.52 Å². The minimum atomic E-state index is 0.618. The second-order valence-corrected chi connectivity index (χ2v) is 6.51. The van der Waals surface area contributed by atoms with E-state index in [0.717, 1.165) is 24.7 Å². The number of hydrogen-bond donors (Lipinski definition) is 1. The Hall–Kier alpha value is -1.68. The van der Waals surface area contributed by atoms with E-state index in [1.54, 1.807) is 0 Å². The quantitative estimate of drug-likeness (QED) is 0.849. The smallest absolute Gasteiger partial charge is 0.240 e. The molecule has 0 spiro atoms. The lowest BCUT2D eigenvalue weighted by Gasteiger charge is -2.13. The van der Waals surface area contributed by atoms with Crippen molar-refractivity contribution in [2.75, 3.05) is 6.54 Å². The van der Waals surface area contributed by atoms with Crippen LogP contribution in [0.2, 0.25) is 0 Å². The van der Waals surface area contributed by atoms with Gasteiger partial charge in [-0.1, -0.05) is 35.5 Å². The SMILES string of the molecule is c1ccc(Cc2noc(CNCC3(C4CC4)CC3)n2)cc1. The summed E-state index contributed by atoms with van der Waals surface area (Å²) in [6.07, 6.45) is 6.39. The van der Waals surface area contributed by atoms with Crippen molar-refractivity contribution in [2.45, 2.75) is 38.6 Å². The van der Waals surface area contributed by atoms with E-state index in [1.165, 1.54) is 31.2 Å². The Labute approximate surface area is 124 Å². The highest BCUT2D eigenvalue weighted by molar-refractivity contribution is 5.18. The molecule has 2 fully saturated rings. The van der Waals surface area contributed by atoms with Crippen molar-refractivity contribution in [2.24, 2.45) is 11.3 Å². The van der Waals surface area contributed by atoms with Crippen LogP contribution in [0.3, 0.4) is 0 Å². The monoisotopic (exact) mass is 283 g/mol. The normalized spacial score (nSPS) is 19.6. The Morgan fingerprint density at radius 3 is 2.71 bits per heavy atom. The molecule has 2 aromatic rings. The molecular weight excluding hydrogens is 262 g/mol. The fraction of sp³-hybridized carbons (Fsp3) is 0.529. The third-order valence-electron chi connectivity index (χ3n) is 4.80. The van der Waals surface area contributed by atoms with Crippen LogP contribution in [0.15, 0.2) is 34.9 Å². The Balaban J connectivity index is 1.28. The molecule has 110 valence electrons. The first-order valence-electron chi connectivity index (χ1n) is 7.90. The summed E-state index contributed by atoms with van der Waals surface area (Å²) in [5.74, 6) is 2.45. The van der Waals surface area contributed by atoms with Gasteiger partial charge in [0.2, 0.25) is 5.89 Å². The number of nitrogens with zero attached hydrogens (tertiary/aromatic N) is 2. The van der Waals surface area contributed by atoms with Gasteiger partial charge in [0.25, 0.3) is 0 Å². The zero-order valence-corrected chi connectivity index (χ0v) is 12.2. The zero-order valence-electron chi connectivity index (χ0n) is 12.2. The minimum absolute atomic E-state index is 0.618. The van der Waals surface area contributed by atoms with Crippen LogP contribution in [0.25, 0.3) is 0 Å². The van der Waals surface area contributed by atoms with Crippen molar-refractivity contribution in [1.82, 2.24) is 15.5 Å². The molecule has 0 saturated heterocycles. The number of rotatable bonds is 7. The van der Waals surface area contributed by atoms with Crippen LogP contribution in [-0.4, -0.2) is 16.7 Å². The first-order valence-corrected chi connectivity index (χ1v) is 7.90. The predicted molar refractivity (Wildman–Crippen MR) is 79.6 cm³/mol. The van der Waals surface area contributed by atoms with Crippen LogP contribution in [0.1, 0.15) is 43.0 Å². The second kappa shape index (κ2) is 5.26. The minimum Gasteiger partial charge on any atom is -0.338 e. The summed E-state index contributed by atoms with van der Waals surface area (Å²) in [6.45, 7) is 1.80. The van der Waals surface area contributed by atoms with Crippen LogP contribution in [0, 0.1) is 11.3 Å². The first-order chi connectivity index (χ1) is 10.3. The van der Waals surface area contributed by atoms with Crippen molar-refractivity contribution in [3.05, 3.63) is 47.6 Å². The number of benzene rings is 1. The maximum Gasteiger partial charge on any atom is 0.240 e. The summed E-state index contributed by atoms with van der Waals surface area (Å²) < 4.78 is 5.32. The summed E-state index contributed by atoms with van der Waals surface area (Å²) in [5.41, 5.74) is 1.83. The Morgan fingerprint density at radius 1 is 1.19 bits per heavy atom. The molecule has 0 bridgehead atoms. The molecule has 1 aromatic heterocycles. The summed E-state index contributed by atoms with van der Waals surface area (Å²) in [6, 6.07) is 10.2. The van der Waals surface area contributed by atoms with Gasteiger partial charge in [0.15, 0.2) is 5.82 Å². The van der Waals surface area contributed by atoms with Gasteiger partial charge in [-0.2, -0.15) is 4.98 Å². The second-order valence-electron chi connectivity index (χ2n) is 6.51. The third-order valence-corrected chi connectivity index (χ3v) is 4.80. The zero-order chi connectivity index (χ0) is 14.1. The van der Waals surface area contributed by atoms with E-state index in [4.69, 9.17) is 4.52 Å². The van der Waals surface area contributed by atoms with Gasteiger partial charge in [-0.3, -0.25) is 0 Å². The van der Waals surface area contributed by atoms with Crippen LogP contribution in [-0.2, 0) is 13.0 Å². The van der Waals surface area contributed by atoms with Crippen LogP contribution >= 0.6 is 0 Å². The highest BCUT2D eigenvalue weighted by atomic mass is 16.5. The van der Waals surface area contributed by atoms with Gasteiger partial charge in [0.05, 0.1) is 6.54 Å². The molecule has 1 heterocycles. The van der Waals surface area contributed by atoms with Crippen LogP contribution in [0.4, 0.5) is 0 Å². The molecule has 2 aliphatic carbocycles. The fourth-order valence-corrected chi connectivity index (χ4v) is 3.22. The molecule has 21 heavy (non-hydrogen) atoms. The van der Waals surface area contributed by atoms with Gasteiger partial charge in [-0.15, -0.1) is 0 Å². The summed E-state index contributed by atoms with van der Waals surface area (Å²) in [5, 5.41) is 7.57. The topological polar surface area (TPSA) is 51.0 Å². The van der Waals surface area contributed by atoms with E-state index in [-0.39, 0.29) is 0 Å². The molecule has 2 saturated carbocycles. The molecule has 4 nitrogen and oxygen atoms in total. The van der Waals surface area contributed by atoms with Crippen LogP contribution < -0.4 is 5.32 Å². The van der Waals surface area contributed by atoms with Gasteiger partial charge >= 0.3 is 0 Å². The molecule has 1 N–H and O–H groups in total. The molecule has 0 unspecified atom stereocenters. The van der Waals surface area contributed by atoms with Gasteiger partial charge in [0, 0.05) is 13.0 Å². The average molecular weight is 283 g/mol. The molecular formula is C17H21N3O. The Kier molecular flexibility index (Phi) is 3.26. The summed E-state index contributed by atoms with van der Waals surface area (Å²) in [4.78, 5) is 4.47. The third kappa shape index (κ3) is 3.00. The molecule has 0 radical (unpaired) electrons. The van der Waals surface area contributed by atoms with E-state index in [1.807, 2.05) is 18.2 Å². The van der Waals surface area contributed by atoms with Crippen molar-refractivity contribution in [3.8, 4) is 0 Å². The number of hydrogen-bond acceptors (Lipinski definition) is 4. The molecule has 4 heteroatoms. The van der Waals surface area contributed by atoms with Gasteiger partial charge in [0.1, 0.15) is 0 Å². The van der Waals surface area contributed by atoms with Gasteiger partial charge in [-0.25, -0.2) is 0 Å². The standard InChI is InChI=1S/C17H21N3O/c1-2-4-13(5-3-1)10-15-19-16(21-20-15)11-18-12-17(8-9-17)14-6-7-14/h1-5,14,18H,6-12H2. The first kappa shape index (κ1) is 13.0. The summed E-state index contributed by atoms with van der Waals surface area (Å²) in [7, 11) is 0. The van der Waals surface area contributed by atoms with Crippen molar-refractivity contribution in [3.63, 3.8) is 0 Å². The Bertz CT molecular complexity index is 600. The van der Waals surface area contributed by atoms with Gasteiger partial charge in [-0.05, 0) is 42.6 Å². The molecule has 2 aliphatic rings. The van der Waals surface area contributed by atoms with E-state index < -0.39 is 0 Å². The van der Waals surface area contributed by atoms with Crippen molar-refractivity contribution >= 4 is 0 Å². The highest BCUT2D eigenvalue weighted by Crippen LogP contribution is 2.60. The van der Waals surface area contributed by atoms with E-state index in [0.29, 0.717) is 17.9 Å². The molecule has 1 aromatic carbocycles. The van der Waals surface area contributed by atoms with Gasteiger partial charge < -0.3 is 9.84 Å².